The molecule has 1 spiro atoms. The van der Waals surface area contributed by atoms with Crippen molar-refractivity contribution in [3.05, 3.63) is 160 Å². The van der Waals surface area contributed by atoms with E-state index in [1.807, 2.05) is 0 Å². The number of thioether (sulfide) groups is 1. The Bertz CT molecular complexity index is 3480. The van der Waals surface area contributed by atoms with Gasteiger partial charge in [0.15, 0.2) is 0 Å². The Morgan fingerprint density at radius 1 is 0.575 bits per heavy atom. The van der Waals surface area contributed by atoms with E-state index in [0.29, 0.717) is 10.8 Å². The Hall–Kier alpha value is -5.13. The van der Waals surface area contributed by atoms with Crippen LogP contribution in [0.5, 0.6) is 0 Å². The largest absolute Gasteiger partial charge is 0.334 e. The minimum Gasteiger partial charge on any atom is -0.334 e. The standard InChI is InChI=1S/C68H70BN3S/c1-62(2,3)43-21-26-54-53(32-43)65(7)27-9-10-28-66(65,8)72(54)49-33-57-61-58(34-49)71(48-24-19-42(20-25-48)67-36-45-30-44-31-46(37-67)68(44,45)67)56-16-12-14-52-60(56)69(61)59-51(63(52,4)5)13-11-15-55(59)70(57)47-22-17-41(18-23-47)64(6)35-40-29-50(38-64)73-39-40/h11-26,32-35,44-46,50H,9-10,27-31,36-39H2,1-8H3. The number of allylic oxidation sites excluding steroid dienone is 1. The van der Waals surface area contributed by atoms with Crippen molar-refractivity contribution in [2.75, 3.05) is 20.5 Å². The smallest absolute Gasteiger partial charge is 0.252 e. The van der Waals surface area contributed by atoms with Crippen LogP contribution in [-0.4, -0.2) is 23.3 Å². The van der Waals surface area contributed by atoms with Crippen LogP contribution in [0.4, 0.5) is 45.5 Å². The van der Waals surface area contributed by atoms with Gasteiger partial charge < -0.3 is 14.7 Å². The number of hydrogen-bond acceptors (Lipinski definition) is 4. The number of benzene rings is 6. The van der Waals surface area contributed by atoms with Crippen molar-refractivity contribution in [2.45, 2.75) is 157 Å². The summed E-state index contributed by atoms with van der Waals surface area (Å²) in [4.78, 5) is 8.32. The van der Waals surface area contributed by atoms with Crippen molar-refractivity contribution < 1.29 is 0 Å². The molecule has 6 aromatic rings. The number of rotatable bonds is 5. The molecule has 0 N–H and O–H groups in total. The van der Waals surface area contributed by atoms with E-state index in [-0.39, 0.29) is 33.9 Å². The van der Waals surface area contributed by atoms with Gasteiger partial charge in [0.05, 0.1) is 5.54 Å². The van der Waals surface area contributed by atoms with Gasteiger partial charge in [-0.25, -0.2) is 0 Å². The Morgan fingerprint density at radius 3 is 1.78 bits per heavy atom. The third-order valence-corrected chi connectivity index (χ3v) is 24.8. The molecule has 0 amide bonds. The maximum Gasteiger partial charge on any atom is 0.252 e. The van der Waals surface area contributed by atoms with Crippen molar-refractivity contribution in [3.63, 3.8) is 0 Å². The van der Waals surface area contributed by atoms with Crippen molar-refractivity contribution in [1.29, 1.82) is 0 Å². The van der Waals surface area contributed by atoms with Gasteiger partial charge in [-0.1, -0.05) is 134 Å². The molecule has 2 bridgehead atoms. The van der Waals surface area contributed by atoms with E-state index >= 15 is 0 Å². The average molecular weight is 972 g/mol. The van der Waals surface area contributed by atoms with Crippen LogP contribution in [0.15, 0.2) is 127 Å². The molecule has 5 saturated carbocycles. The van der Waals surface area contributed by atoms with Crippen LogP contribution in [0, 0.1) is 23.2 Å². The Morgan fingerprint density at radius 2 is 1.19 bits per heavy atom. The molecule has 5 aliphatic heterocycles. The zero-order valence-corrected chi connectivity index (χ0v) is 45.3. The van der Waals surface area contributed by atoms with Gasteiger partial charge in [0.1, 0.15) is 0 Å². The van der Waals surface area contributed by atoms with E-state index < -0.39 is 0 Å². The van der Waals surface area contributed by atoms with Gasteiger partial charge in [-0.3, -0.25) is 0 Å². The summed E-state index contributed by atoms with van der Waals surface area (Å²) in [5, 5.41) is 0.737. The maximum atomic E-state index is 2.87. The highest BCUT2D eigenvalue weighted by atomic mass is 32.2. The Kier molecular flexibility index (Phi) is 7.95. The highest BCUT2D eigenvalue weighted by Crippen LogP contribution is 2.92. The van der Waals surface area contributed by atoms with E-state index in [2.05, 4.69) is 203 Å². The normalized spacial score (nSPS) is 34.3. The molecule has 11 aliphatic rings. The molecule has 17 rings (SSSR count). The molecule has 0 aromatic heterocycles. The number of anilines is 8. The summed E-state index contributed by atoms with van der Waals surface area (Å²) in [6, 6.07) is 47.8. The minimum absolute atomic E-state index is 0.0142. The number of fused-ring (bicyclic) bond motifs is 5. The highest BCUT2D eigenvalue weighted by Gasteiger charge is 2.87. The van der Waals surface area contributed by atoms with Crippen molar-refractivity contribution in [2.24, 2.45) is 23.2 Å². The molecule has 6 aliphatic carbocycles. The van der Waals surface area contributed by atoms with E-state index in [1.54, 1.807) is 16.7 Å². The van der Waals surface area contributed by atoms with Gasteiger partial charge in [-0.2, -0.15) is 11.8 Å². The topological polar surface area (TPSA) is 9.72 Å². The lowest BCUT2D eigenvalue weighted by Crippen LogP contribution is -2.87. The van der Waals surface area contributed by atoms with Crippen molar-refractivity contribution in [1.82, 2.24) is 0 Å². The van der Waals surface area contributed by atoms with Crippen LogP contribution >= 0.6 is 11.8 Å². The highest BCUT2D eigenvalue weighted by molar-refractivity contribution is 8.00. The molecule has 366 valence electrons. The summed E-state index contributed by atoms with van der Waals surface area (Å²) >= 11 is 2.17. The number of nitrogens with zero attached hydrogens (tertiary/aromatic N) is 3. The fourth-order valence-electron chi connectivity index (χ4n) is 20.0. The van der Waals surface area contributed by atoms with Crippen LogP contribution in [0.2, 0.25) is 0 Å². The lowest BCUT2D eigenvalue weighted by Gasteiger charge is -2.91. The van der Waals surface area contributed by atoms with Crippen LogP contribution in [0.25, 0.3) is 0 Å². The first-order valence-electron chi connectivity index (χ1n) is 28.6. The van der Waals surface area contributed by atoms with Crippen LogP contribution in [-0.2, 0) is 27.1 Å². The maximum absolute atomic E-state index is 2.87. The predicted octanol–water partition coefficient (Wildman–Crippen LogP) is 15.2. The molecule has 73 heavy (non-hydrogen) atoms. The van der Waals surface area contributed by atoms with E-state index in [9.17, 15) is 0 Å². The molecule has 5 heteroatoms. The van der Waals surface area contributed by atoms with E-state index in [4.69, 9.17) is 0 Å². The second-order valence-electron chi connectivity index (χ2n) is 27.9. The molecular formula is C68H70BN3S. The van der Waals surface area contributed by atoms with Gasteiger partial charge in [-0.05, 0) is 191 Å². The zero-order chi connectivity index (χ0) is 49.1. The van der Waals surface area contributed by atoms with E-state index in [1.165, 1.54) is 154 Å². The van der Waals surface area contributed by atoms with Gasteiger partial charge >= 0.3 is 0 Å². The summed E-state index contributed by atoms with van der Waals surface area (Å²) in [5.74, 6) is 4.19. The molecule has 3 nitrogen and oxygen atoms in total. The second-order valence-corrected chi connectivity index (χ2v) is 29.2. The molecule has 5 heterocycles. The van der Waals surface area contributed by atoms with Crippen LogP contribution < -0.4 is 31.1 Å². The number of hydrogen-bond donors (Lipinski definition) is 0. The van der Waals surface area contributed by atoms with Crippen molar-refractivity contribution >= 4 is 80.4 Å². The first-order chi connectivity index (χ1) is 35.1. The molecule has 6 fully saturated rings. The minimum atomic E-state index is -0.180. The SMILES string of the molecule is CC(C)(C)c1ccc2c(c1)C1(C)CCCCC1(C)N2c1cc2c3c(c1)N(c1ccc(C45CC6CC7CC(C4)C765)cc1)c1cccc4c1B3c1c(cccc1C4(C)C)N2c1ccc(C2(C)C=C3CSC(C3)C2)cc1. The summed E-state index contributed by atoms with van der Waals surface area (Å²) in [7, 11) is 0. The van der Waals surface area contributed by atoms with Gasteiger partial charge in [-0.15, -0.1) is 0 Å². The van der Waals surface area contributed by atoms with E-state index in [0.717, 1.165) is 23.0 Å². The molecule has 0 radical (unpaired) electrons. The third-order valence-electron chi connectivity index (χ3n) is 23.5. The first kappa shape index (κ1) is 43.1. The molecule has 6 aromatic carbocycles. The van der Waals surface area contributed by atoms with Crippen LogP contribution in [0.3, 0.4) is 0 Å². The van der Waals surface area contributed by atoms with Gasteiger partial charge in [0.2, 0.25) is 0 Å². The van der Waals surface area contributed by atoms with Crippen LogP contribution in [0.1, 0.15) is 153 Å². The quantitative estimate of drug-likeness (QED) is 0.126. The van der Waals surface area contributed by atoms with Gasteiger partial charge in [0.25, 0.3) is 6.71 Å². The third kappa shape index (κ3) is 4.89. The summed E-state index contributed by atoms with van der Waals surface area (Å²) in [6.45, 7) is 20.0. The Labute approximate surface area is 439 Å². The lowest BCUT2D eigenvalue weighted by molar-refractivity contribution is -0.395. The summed E-state index contributed by atoms with van der Waals surface area (Å²) in [5.41, 5.74) is 26.7. The first-order valence-corrected chi connectivity index (χ1v) is 29.7. The Balaban J connectivity index is 0.915. The lowest BCUT2D eigenvalue weighted by atomic mass is 9.12. The molecule has 6 atom stereocenters. The molecule has 1 saturated heterocycles. The summed E-state index contributed by atoms with van der Waals surface area (Å²) < 4.78 is 0. The predicted molar refractivity (Wildman–Crippen MR) is 308 cm³/mol. The van der Waals surface area contributed by atoms with Gasteiger partial charge in [0, 0.05) is 78.2 Å². The fourth-order valence-corrected chi connectivity index (χ4v) is 21.4. The molecular weight excluding hydrogens is 902 g/mol. The molecule has 6 unspecified atom stereocenters. The average Bonchev–Trinajstić information content (AvgIpc) is 3.83. The zero-order valence-electron chi connectivity index (χ0n) is 44.5. The fraction of sp³-hybridized carbons (Fsp3) is 0.441. The summed E-state index contributed by atoms with van der Waals surface area (Å²) in [6.07, 6.45) is 15.9. The second kappa shape index (κ2) is 13.5. The monoisotopic (exact) mass is 972 g/mol. The van der Waals surface area contributed by atoms with Crippen molar-refractivity contribution in [3.8, 4) is 0 Å².